The number of carbonyl (C=O) groups excluding carboxylic acids is 1. The zero-order chi connectivity index (χ0) is 18.4. The molecule has 0 aliphatic carbocycles. The molecule has 130 valence electrons. The molecule has 0 bridgehead atoms. The molecule has 0 unspecified atom stereocenters. The van der Waals surface area contributed by atoms with Crippen molar-refractivity contribution in [3.05, 3.63) is 57.0 Å². The van der Waals surface area contributed by atoms with E-state index in [0.29, 0.717) is 10.7 Å². The lowest BCUT2D eigenvalue weighted by Crippen LogP contribution is -2.25. The third-order valence-electron chi connectivity index (χ3n) is 3.60. The highest BCUT2D eigenvalue weighted by Crippen LogP contribution is 2.17. The largest absolute Gasteiger partial charge is 0.316 e. The fourth-order valence-corrected chi connectivity index (χ4v) is 3.73. The van der Waals surface area contributed by atoms with Crippen LogP contribution in [-0.2, 0) is 10.0 Å². The summed E-state index contributed by atoms with van der Waals surface area (Å²) in [5.74, 6) is -0.546. The molecule has 3 N–H and O–H groups in total. The second kappa shape index (κ2) is 6.06. The van der Waals surface area contributed by atoms with Crippen LogP contribution in [0.15, 0.2) is 39.3 Å². The van der Waals surface area contributed by atoms with Gasteiger partial charge in [-0.15, -0.1) is 11.3 Å². The molecule has 1 aromatic carbocycles. The number of primary sulfonamides is 1. The van der Waals surface area contributed by atoms with Crippen LogP contribution >= 0.6 is 11.3 Å². The van der Waals surface area contributed by atoms with Crippen LogP contribution in [0.5, 0.6) is 0 Å². The van der Waals surface area contributed by atoms with Crippen molar-refractivity contribution in [2.24, 2.45) is 5.14 Å². The van der Waals surface area contributed by atoms with Gasteiger partial charge in [-0.1, -0.05) is 0 Å². The van der Waals surface area contributed by atoms with Gasteiger partial charge in [-0.2, -0.15) is 0 Å². The van der Waals surface area contributed by atoms with E-state index in [4.69, 9.17) is 5.14 Å². The number of amides is 1. The average Bonchev–Trinajstić information content (AvgIpc) is 2.91. The third kappa shape index (κ3) is 3.18. The van der Waals surface area contributed by atoms with Gasteiger partial charge in [-0.05, 0) is 38.1 Å². The number of nitrogens with two attached hydrogens (primary N) is 1. The number of nitrogens with one attached hydrogen (secondary N) is 1. The Balaban J connectivity index is 1.97. The first-order chi connectivity index (χ1) is 11.7. The van der Waals surface area contributed by atoms with Crippen molar-refractivity contribution in [2.75, 3.05) is 5.32 Å². The van der Waals surface area contributed by atoms with E-state index in [9.17, 15) is 18.0 Å². The minimum atomic E-state index is -3.83. The van der Waals surface area contributed by atoms with Gasteiger partial charge in [0.1, 0.15) is 5.69 Å². The van der Waals surface area contributed by atoms with Crippen molar-refractivity contribution < 1.29 is 13.2 Å². The van der Waals surface area contributed by atoms with Crippen LogP contribution in [0.3, 0.4) is 0 Å². The molecule has 0 saturated heterocycles. The number of rotatable bonds is 3. The van der Waals surface area contributed by atoms with E-state index in [2.05, 4.69) is 10.3 Å². The van der Waals surface area contributed by atoms with Gasteiger partial charge in [0.05, 0.1) is 10.6 Å². The molecule has 2 aromatic heterocycles. The predicted molar refractivity (Wildman–Crippen MR) is 94.6 cm³/mol. The van der Waals surface area contributed by atoms with Crippen molar-refractivity contribution in [1.82, 2.24) is 9.38 Å². The maximum absolute atomic E-state index is 12.6. The number of aromatic nitrogens is 2. The molecule has 0 saturated carbocycles. The number of thiazole rings is 1. The van der Waals surface area contributed by atoms with E-state index in [1.807, 2.05) is 0 Å². The molecule has 0 atom stereocenters. The van der Waals surface area contributed by atoms with Crippen molar-refractivity contribution in [3.63, 3.8) is 0 Å². The molecule has 8 nitrogen and oxygen atoms in total. The molecule has 2 heterocycles. The van der Waals surface area contributed by atoms with Crippen molar-refractivity contribution in [3.8, 4) is 0 Å². The maximum atomic E-state index is 12.6. The van der Waals surface area contributed by atoms with Gasteiger partial charge in [0.15, 0.2) is 4.96 Å². The van der Waals surface area contributed by atoms with Gasteiger partial charge in [-0.3, -0.25) is 14.0 Å². The summed E-state index contributed by atoms with van der Waals surface area (Å²) in [7, 11) is -3.83. The smallest absolute Gasteiger partial charge is 0.282 e. The van der Waals surface area contributed by atoms with Crippen molar-refractivity contribution >= 4 is 37.9 Å². The topological polar surface area (TPSA) is 124 Å². The first-order valence-corrected chi connectivity index (χ1v) is 9.53. The Morgan fingerprint density at radius 3 is 2.48 bits per heavy atom. The number of aryl methyl sites for hydroxylation is 2. The van der Waals surface area contributed by atoms with Gasteiger partial charge in [0, 0.05) is 16.6 Å². The lowest BCUT2D eigenvalue weighted by atomic mass is 10.2. The number of benzene rings is 1. The van der Waals surface area contributed by atoms with Gasteiger partial charge < -0.3 is 5.32 Å². The summed E-state index contributed by atoms with van der Waals surface area (Å²) in [5, 5.41) is 9.38. The standard InChI is InChI=1S/C15H14N4O4S2/c1-8-7-24-15-17-9(2)12(14(21)19(8)15)18-13(20)10-3-5-11(6-4-10)25(16,22)23/h3-7H,1-2H3,(H,18,20)(H2,16,22,23). The SMILES string of the molecule is Cc1nc2scc(C)n2c(=O)c1NC(=O)c1ccc(S(N)(=O)=O)cc1. The molecule has 3 rings (SSSR count). The Labute approximate surface area is 147 Å². The molecular weight excluding hydrogens is 364 g/mol. The van der Waals surface area contributed by atoms with Crippen molar-refractivity contribution in [2.45, 2.75) is 18.7 Å². The Hall–Kier alpha value is -2.56. The van der Waals surface area contributed by atoms with E-state index in [-0.39, 0.29) is 21.7 Å². The van der Waals surface area contributed by atoms with Crippen LogP contribution in [0.1, 0.15) is 21.7 Å². The fourth-order valence-electron chi connectivity index (χ4n) is 2.31. The Morgan fingerprint density at radius 2 is 1.88 bits per heavy atom. The van der Waals surface area contributed by atoms with E-state index in [0.717, 1.165) is 5.69 Å². The van der Waals surface area contributed by atoms with Gasteiger partial charge in [0.2, 0.25) is 10.0 Å². The summed E-state index contributed by atoms with van der Waals surface area (Å²) in [5.41, 5.74) is 1.04. The van der Waals surface area contributed by atoms with E-state index >= 15 is 0 Å². The number of fused-ring (bicyclic) bond motifs is 1. The zero-order valence-electron chi connectivity index (χ0n) is 13.3. The van der Waals surface area contributed by atoms with E-state index in [1.165, 1.54) is 40.0 Å². The van der Waals surface area contributed by atoms with Crippen LogP contribution in [0.4, 0.5) is 5.69 Å². The van der Waals surface area contributed by atoms with Crippen LogP contribution in [0.25, 0.3) is 4.96 Å². The van der Waals surface area contributed by atoms with Gasteiger partial charge in [-0.25, -0.2) is 18.5 Å². The summed E-state index contributed by atoms with van der Waals surface area (Å²) in [4.78, 5) is 29.7. The van der Waals surface area contributed by atoms with Crippen LogP contribution in [-0.4, -0.2) is 23.7 Å². The summed E-state index contributed by atoms with van der Waals surface area (Å²) in [6.45, 7) is 3.41. The van der Waals surface area contributed by atoms with E-state index < -0.39 is 15.9 Å². The molecule has 25 heavy (non-hydrogen) atoms. The van der Waals surface area contributed by atoms with Crippen LogP contribution in [0.2, 0.25) is 0 Å². The highest BCUT2D eigenvalue weighted by atomic mass is 32.2. The Bertz CT molecular complexity index is 1140. The lowest BCUT2D eigenvalue weighted by Gasteiger charge is -2.08. The highest BCUT2D eigenvalue weighted by molar-refractivity contribution is 7.89. The number of nitrogens with zero attached hydrogens (tertiary/aromatic N) is 2. The molecule has 1 amide bonds. The molecule has 0 aliphatic heterocycles. The third-order valence-corrected chi connectivity index (χ3v) is 5.48. The van der Waals surface area contributed by atoms with Gasteiger partial charge >= 0.3 is 0 Å². The molecule has 0 aliphatic rings. The quantitative estimate of drug-likeness (QED) is 0.710. The average molecular weight is 378 g/mol. The Morgan fingerprint density at radius 1 is 1.24 bits per heavy atom. The van der Waals surface area contributed by atoms with Gasteiger partial charge in [0.25, 0.3) is 11.5 Å². The number of anilines is 1. The minimum absolute atomic E-state index is 0.0829. The number of hydrogen-bond acceptors (Lipinski definition) is 6. The predicted octanol–water partition coefficient (Wildman–Crippen LogP) is 1.27. The lowest BCUT2D eigenvalue weighted by molar-refractivity contribution is 0.102. The van der Waals surface area contributed by atoms with Crippen LogP contribution < -0.4 is 16.0 Å². The zero-order valence-corrected chi connectivity index (χ0v) is 14.9. The first kappa shape index (κ1) is 17.3. The second-order valence-corrected chi connectivity index (χ2v) is 7.79. The summed E-state index contributed by atoms with van der Waals surface area (Å²) in [6.07, 6.45) is 0. The fraction of sp³-hybridized carbons (Fsp3) is 0.133. The summed E-state index contributed by atoms with van der Waals surface area (Å²) in [6, 6.07) is 5.11. The second-order valence-electron chi connectivity index (χ2n) is 5.40. The van der Waals surface area contributed by atoms with Crippen molar-refractivity contribution in [1.29, 1.82) is 0 Å². The van der Waals surface area contributed by atoms with E-state index in [1.54, 1.807) is 19.2 Å². The minimum Gasteiger partial charge on any atom is -0.316 e. The van der Waals surface area contributed by atoms with Crippen LogP contribution in [0, 0.1) is 13.8 Å². The molecule has 0 spiro atoms. The molecule has 3 aromatic rings. The Kier molecular flexibility index (Phi) is 4.19. The summed E-state index contributed by atoms with van der Waals surface area (Å²) < 4.78 is 23.9. The number of sulfonamides is 1. The molecule has 0 fully saturated rings. The number of hydrogen-bond donors (Lipinski definition) is 2. The molecule has 10 heteroatoms. The first-order valence-electron chi connectivity index (χ1n) is 7.10. The maximum Gasteiger partial charge on any atom is 0.282 e. The number of carbonyl (C=O) groups is 1. The highest BCUT2D eigenvalue weighted by Gasteiger charge is 2.16. The normalized spacial score (nSPS) is 11.6. The summed E-state index contributed by atoms with van der Waals surface area (Å²) >= 11 is 1.34. The molecule has 0 radical (unpaired) electrons. The molecular formula is C15H14N4O4S2. The monoisotopic (exact) mass is 378 g/mol.